The number of nitrogens with one attached hydrogen (secondary N) is 3. The molecule has 5 aromatic rings. The molecule has 0 heterocycles. The molecule has 0 bridgehead atoms. The molecule has 0 aromatic heterocycles. The van der Waals surface area contributed by atoms with E-state index in [1.165, 1.54) is 48.5 Å². The first-order valence-corrected chi connectivity index (χ1v) is 15.6. The molecular weight excluding hydrogens is 731 g/mol. The van der Waals surface area contributed by atoms with Crippen LogP contribution in [0.5, 0.6) is 0 Å². The molecule has 5 aromatic carbocycles. The van der Waals surface area contributed by atoms with Crippen molar-refractivity contribution in [3.8, 4) is 0 Å². The molecule has 4 N–H and O–H groups in total. The SMILES string of the molecule is O=c1ccc(=N[N-]c2ccc([N+](=O)[O-])cc2)c(=O)c1=NNc1ccc(S(=O)(=O)O)c(NN=c2c(=O)ccc(=NNc3ccc([N+](=O)[O-])cc3)c2=O)c1.[Na+]. The Labute approximate surface area is 315 Å². The fourth-order valence-electron chi connectivity index (χ4n) is 4.15. The van der Waals surface area contributed by atoms with Gasteiger partial charge in [0.1, 0.15) is 10.3 Å². The number of hydrogen-bond donors (Lipinski definition) is 4. The number of non-ortho nitro benzene ring substituents is 2. The van der Waals surface area contributed by atoms with Gasteiger partial charge in [-0.3, -0.25) is 60.2 Å². The Kier molecular flexibility index (Phi) is 12.3. The summed E-state index contributed by atoms with van der Waals surface area (Å²) in [7, 11) is -4.92. The van der Waals surface area contributed by atoms with E-state index < -0.39 is 63.0 Å². The summed E-state index contributed by atoms with van der Waals surface area (Å²) in [4.78, 5) is 70.6. The standard InChI is InChI=1S/C30H20N10O11S.Na/c41-24-12-10-21(34-31-16-1-6-19(7-2-16)39(45)46)29(43)27(24)37-33-18-5-14-26(52(49,50)51)23(15-18)36-38-28-25(42)13-11-22(30(28)44)35-32-17-3-8-20(9-4-17)40(47)48;/h1-15H,(H5,31,32,33,36,41,42,43,44,49,50,51);/q;+1/p-1. The molecule has 0 spiro atoms. The van der Waals surface area contributed by atoms with E-state index in [-0.39, 0.29) is 68.7 Å². The Morgan fingerprint density at radius 1 is 0.623 bits per heavy atom. The average Bonchev–Trinajstić information content (AvgIpc) is 3.10. The molecule has 262 valence electrons. The van der Waals surface area contributed by atoms with Crippen LogP contribution in [0.2, 0.25) is 0 Å². The van der Waals surface area contributed by atoms with Gasteiger partial charge in [-0.05, 0) is 54.6 Å². The molecule has 53 heavy (non-hydrogen) atoms. The van der Waals surface area contributed by atoms with Crippen LogP contribution in [-0.4, -0.2) is 22.8 Å². The summed E-state index contributed by atoms with van der Waals surface area (Å²) >= 11 is 0. The Balaban J connectivity index is 0.00000627. The second-order valence-corrected chi connectivity index (χ2v) is 11.5. The minimum Gasteiger partial charge on any atom is -0.575 e. The first-order valence-electron chi connectivity index (χ1n) is 14.2. The summed E-state index contributed by atoms with van der Waals surface area (Å²) in [5.74, 6) is 0. The summed E-state index contributed by atoms with van der Waals surface area (Å²) in [6.07, 6.45) is 0. The van der Waals surface area contributed by atoms with Gasteiger partial charge in [0.25, 0.3) is 21.5 Å². The Hall–Kier alpha value is -6.59. The molecule has 0 fully saturated rings. The van der Waals surface area contributed by atoms with Crippen molar-refractivity contribution in [3.05, 3.63) is 179 Å². The molecule has 0 aliphatic carbocycles. The Morgan fingerprint density at radius 3 is 1.68 bits per heavy atom. The van der Waals surface area contributed by atoms with Gasteiger partial charge in [0.15, 0.2) is 10.7 Å². The van der Waals surface area contributed by atoms with E-state index in [1.807, 2.05) is 0 Å². The Morgan fingerprint density at radius 2 is 1.11 bits per heavy atom. The number of nitro groups is 2. The van der Waals surface area contributed by atoms with Crippen molar-refractivity contribution in [2.45, 2.75) is 4.90 Å². The maximum absolute atomic E-state index is 13.0. The third-order valence-corrected chi connectivity index (χ3v) is 7.62. The molecule has 23 heteroatoms. The van der Waals surface area contributed by atoms with E-state index in [1.54, 1.807) is 0 Å². The minimum absolute atomic E-state index is 0. The zero-order valence-corrected chi connectivity index (χ0v) is 29.5. The van der Waals surface area contributed by atoms with Gasteiger partial charge in [0, 0.05) is 24.3 Å². The number of hydrogen-bond acceptors (Lipinski definition) is 17. The largest absolute Gasteiger partial charge is 1.00 e. The van der Waals surface area contributed by atoms with Crippen LogP contribution in [0.1, 0.15) is 0 Å². The fraction of sp³-hybridized carbons (Fsp3) is 0. The van der Waals surface area contributed by atoms with Gasteiger partial charge in [-0.25, -0.2) is 0 Å². The monoisotopic (exact) mass is 750 g/mol. The first-order chi connectivity index (χ1) is 24.7. The number of benzene rings is 5. The second-order valence-electron chi connectivity index (χ2n) is 10.2. The number of rotatable bonds is 11. The molecular formula is C30H19N10NaO11S. The summed E-state index contributed by atoms with van der Waals surface area (Å²) in [6, 6.07) is 17.1. The average molecular weight is 751 g/mol. The molecule has 0 aliphatic rings. The van der Waals surface area contributed by atoms with Crippen molar-refractivity contribution in [3.63, 3.8) is 0 Å². The summed E-state index contributed by atoms with van der Waals surface area (Å²) in [5, 5.41) is 34.9. The van der Waals surface area contributed by atoms with Crippen LogP contribution in [0.3, 0.4) is 0 Å². The summed E-state index contributed by atoms with van der Waals surface area (Å²) in [6.45, 7) is 0. The van der Waals surface area contributed by atoms with Gasteiger partial charge >= 0.3 is 29.6 Å². The van der Waals surface area contributed by atoms with Crippen LogP contribution in [0.25, 0.3) is 5.43 Å². The molecule has 0 unspecified atom stereocenters. The van der Waals surface area contributed by atoms with Crippen molar-refractivity contribution in [1.29, 1.82) is 0 Å². The van der Waals surface area contributed by atoms with Crippen LogP contribution in [0.4, 0.5) is 34.1 Å². The maximum atomic E-state index is 13.0. The predicted octanol–water partition coefficient (Wildman–Crippen LogP) is -2.75. The van der Waals surface area contributed by atoms with Gasteiger partial charge in [0.2, 0.25) is 21.7 Å². The summed E-state index contributed by atoms with van der Waals surface area (Å²) < 4.78 is 33.9. The van der Waals surface area contributed by atoms with Crippen LogP contribution >= 0.6 is 0 Å². The topological polar surface area (TPSA) is 309 Å². The molecule has 0 aliphatic heterocycles. The zero-order chi connectivity index (χ0) is 37.6. The second kappa shape index (κ2) is 16.6. The van der Waals surface area contributed by atoms with Crippen molar-refractivity contribution < 1.29 is 52.4 Å². The van der Waals surface area contributed by atoms with E-state index in [0.717, 1.165) is 42.5 Å². The van der Waals surface area contributed by atoms with Crippen LogP contribution in [0, 0.1) is 20.2 Å². The van der Waals surface area contributed by atoms with E-state index in [0.29, 0.717) is 0 Å². The van der Waals surface area contributed by atoms with E-state index >= 15 is 0 Å². The minimum atomic E-state index is -4.92. The molecule has 0 atom stereocenters. The number of nitrogens with zero attached hydrogens (tertiary/aromatic N) is 7. The van der Waals surface area contributed by atoms with Gasteiger partial charge in [-0.2, -0.15) is 23.7 Å². The van der Waals surface area contributed by atoms with E-state index in [2.05, 4.69) is 42.1 Å². The van der Waals surface area contributed by atoms with E-state index in [4.69, 9.17) is 0 Å². The molecule has 5 rings (SSSR count). The van der Waals surface area contributed by atoms with Gasteiger partial charge < -0.3 is 10.5 Å². The van der Waals surface area contributed by atoms with Crippen molar-refractivity contribution >= 4 is 44.2 Å². The van der Waals surface area contributed by atoms with E-state index in [9.17, 15) is 52.4 Å². The normalized spacial score (nSPS) is 12.5. The first kappa shape index (κ1) is 39.2. The molecule has 0 amide bonds. The fourth-order valence-corrected chi connectivity index (χ4v) is 4.77. The Bertz CT molecular complexity index is 2820. The molecule has 21 nitrogen and oxygen atoms in total. The van der Waals surface area contributed by atoms with Gasteiger partial charge in [0.05, 0.1) is 32.3 Å². The quantitative estimate of drug-likeness (QED) is 0.0461. The van der Waals surface area contributed by atoms with Crippen LogP contribution in [0.15, 0.2) is 135 Å². The van der Waals surface area contributed by atoms with Crippen molar-refractivity contribution in [1.82, 2.24) is 0 Å². The number of anilines is 3. The molecule has 0 radical (unpaired) electrons. The van der Waals surface area contributed by atoms with Gasteiger partial charge in [-0.1, -0.05) is 12.1 Å². The third kappa shape index (κ3) is 9.60. The smallest absolute Gasteiger partial charge is 0.575 e. The third-order valence-electron chi connectivity index (χ3n) is 6.71. The van der Waals surface area contributed by atoms with Crippen LogP contribution in [-0.2, 0) is 10.1 Å². The maximum Gasteiger partial charge on any atom is 1.00 e. The van der Waals surface area contributed by atoms with Crippen molar-refractivity contribution in [2.75, 3.05) is 16.3 Å². The van der Waals surface area contributed by atoms with Crippen molar-refractivity contribution in [2.24, 2.45) is 20.4 Å². The van der Waals surface area contributed by atoms with Crippen LogP contribution < -0.4 is 89.0 Å². The predicted molar refractivity (Wildman–Crippen MR) is 181 cm³/mol. The number of nitro benzene ring substituents is 2. The van der Waals surface area contributed by atoms with Gasteiger partial charge in [-0.15, -0.1) is 5.69 Å². The molecule has 0 saturated heterocycles. The molecule has 0 saturated carbocycles. The zero-order valence-electron chi connectivity index (χ0n) is 26.7. The summed E-state index contributed by atoms with van der Waals surface area (Å²) in [5.41, 5.74) is 6.85.